The van der Waals surface area contributed by atoms with E-state index in [9.17, 15) is 9.59 Å². The van der Waals surface area contributed by atoms with Crippen LogP contribution in [-0.2, 0) is 119 Å². The predicted molar refractivity (Wildman–Crippen MR) is 385 cm³/mol. The molecule has 30 heteroatoms. The van der Waals surface area contributed by atoms with Gasteiger partial charge in [-0.2, -0.15) is 0 Å². The van der Waals surface area contributed by atoms with Crippen LogP contribution in [0.2, 0.25) is 0 Å². The van der Waals surface area contributed by atoms with E-state index in [0.29, 0.717) is 317 Å². The lowest BCUT2D eigenvalue weighted by Crippen LogP contribution is -2.33. The minimum atomic E-state index is -0.710. The number of allylic oxidation sites excluding steroid dienone is 1. The van der Waals surface area contributed by atoms with Gasteiger partial charge in [0.25, 0.3) is 0 Å². The van der Waals surface area contributed by atoms with Crippen molar-refractivity contribution >= 4 is 11.9 Å². The highest BCUT2D eigenvalue weighted by Crippen LogP contribution is 2.20. The molecule has 0 saturated carbocycles. The Labute approximate surface area is 611 Å². The number of hydrogen-bond acceptors (Lipinski definition) is 26. The molecule has 1 atom stereocenters. The summed E-state index contributed by atoms with van der Waals surface area (Å²) in [7, 11) is 0. The summed E-state index contributed by atoms with van der Waals surface area (Å²) >= 11 is 0. The van der Waals surface area contributed by atoms with Crippen LogP contribution in [0.5, 0.6) is 0 Å². The Morgan fingerprint density at radius 2 is 0.500 bits per heavy atom. The number of carbonyl (C=O) groups excluding carboxylic acids is 1. The average Bonchev–Trinajstić information content (AvgIpc) is 1.07. The molecule has 0 saturated heterocycles. The maximum Gasteiger partial charge on any atom is 0.303 e. The van der Waals surface area contributed by atoms with Gasteiger partial charge in [0.05, 0.1) is 304 Å². The van der Waals surface area contributed by atoms with E-state index in [0.717, 1.165) is 64.2 Å². The summed E-state index contributed by atoms with van der Waals surface area (Å²) in [5, 5.41) is 15.3. The highest BCUT2D eigenvalue weighted by atomic mass is 16.6. The third kappa shape index (κ3) is 89.5. The number of unbranched alkanes of at least 4 members (excludes halogenated alkanes) is 14. The van der Waals surface area contributed by atoms with Crippen molar-refractivity contribution in [2.45, 2.75) is 122 Å². The molecule has 1 amide bonds. The molecule has 0 aromatic heterocycles. The van der Waals surface area contributed by atoms with Crippen LogP contribution in [0, 0.1) is 5.92 Å². The molecule has 0 aromatic carbocycles. The standard InChI is InChI=1S/C72H140N4O26/c1-2-3-4-5-6-7-10-13-16-19-70(20-17-14-11-8-9-12-15-18-21-71(77)78)72(79)74-22-24-80-26-28-82-30-32-84-34-36-86-38-40-88-42-44-90-46-48-92-50-52-94-54-56-96-58-60-98-62-64-100-66-68-102-69-67-101-65-63-99-61-59-97-57-55-95-53-51-93-49-47-91-45-43-89-41-39-87-37-35-85-33-31-83-29-27-81-25-23-75-76-73/h2,70H,1,3-69H2,(H,74,79)(H,77,78). The first-order valence-electron chi connectivity index (χ1n) is 38.0. The van der Waals surface area contributed by atoms with Crippen LogP contribution in [0.4, 0.5) is 0 Å². The van der Waals surface area contributed by atoms with Crippen molar-refractivity contribution in [3.05, 3.63) is 23.1 Å². The van der Waals surface area contributed by atoms with Gasteiger partial charge < -0.3 is 119 Å². The topological polar surface area (TPSA) is 327 Å². The van der Waals surface area contributed by atoms with E-state index in [4.69, 9.17) is 120 Å². The molecule has 1 unspecified atom stereocenters. The first-order chi connectivity index (χ1) is 50.6. The van der Waals surface area contributed by atoms with E-state index in [-0.39, 0.29) is 18.2 Å². The molecule has 0 bridgehead atoms. The highest BCUT2D eigenvalue weighted by Gasteiger charge is 2.18. The first-order valence-corrected chi connectivity index (χ1v) is 38.0. The van der Waals surface area contributed by atoms with Crippen molar-refractivity contribution in [3.63, 3.8) is 0 Å². The number of carboxylic acids is 1. The minimum absolute atomic E-state index is 0.0449. The van der Waals surface area contributed by atoms with Crippen LogP contribution >= 0.6 is 0 Å². The number of carboxylic acid groups (broad SMARTS) is 1. The lowest BCUT2D eigenvalue weighted by Gasteiger charge is -2.17. The third-order valence-electron chi connectivity index (χ3n) is 14.7. The monoisotopic (exact) mass is 1480 g/mol. The first kappa shape index (κ1) is 99.1. The summed E-state index contributed by atoms with van der Waals surface area (Å²) in [6.45, 7) is 26.4. The minimum Gasteiger partial charge on any atom is -0.481 e. The molecule has 0 rings (SSSR count). The zero-order chi connectivity index (χ0) is 73.2. The average molecular weight is 1480 g/mol. The summed E-state index contributed by atoms with van der Waals surface area (Å²) in [5.74, 6) is -0.522. The molecule has 102 heavy (non-hydrogen) atoms. The molecule has 0 aromatic rings. The number of hydrogen-bond donors (Lipinski definition) is 2. The van der Waals surface area contributed by atoms with Crippen molar-refractivity contribution in [1.29, 1.82) is 0 Å². The molecule has 0 aliphatic carbocycles. The van der Waals surface area contributed by atoms with E-state index in [1.807, 2.05) is 6.08 Å². The van der Waals surface area contributed by atoms with Crippen LogP contribution in [0.25, 0.3) is 10.4 Å². The van der Waals surface area contributed by atoms with Gasteiger partial charge in [0.2, 0.25) is 5.91 Å². The van der Waals surface area contributed by atoms with Gasteiger partial charge in [-0.25, -0.2) is 0 Å². The summed E-state index contributed by atoms with van der Waals surface area (Å²) in [5.41, 5.74) is 8.18. The van der Waals surface area contributed by atoms with Gasteiger partial charge in [-0.1, -0.05) is 94.7 Å². The van der Waals surface area contributed by atoms with Crippen molar-refractivity contribution in [3.8, 4) is 0 Å². The van der Waals surface area contributed by atoms with E-state index in [1.54, 1.807) is 0 Å². The Morgan fingerprint density at radius 1 is 0.304 bits per heavy atom. The molecule has 30 nitrogen and oxygen atoms in total. The molecule has 0 heterocycles. The Kier molecular flexibility index (Phi) is 89.6. The maximum atomic E-state index is 13.2. The molecule has 0 fully saturated rings. The van der Waals surface area contributed by atoms with Gasteiger partial charge >= 0.3 is 5.97 Å². The van der Waals surface area contributed by atoms with Crippen LogP contribution in [0.15, 0.2) is 17.8 Å². The summed E-state index contributed by atoms with van der Waals surface area (Å²) < 4.78 is 127. The number of carbonyl (C=O) groups is 2. The Bertz CT molecular complexity index is 1690. The number of rotatable bonds is 94. The number of nitrogens with zero attached hydrogens (tertiary/aromatic N) is 3. The second-order valence-electron chi connectivity index (χ2n) is 23.1. The highest BCUT2D eigenvalue weighted by molar-refractivity contribution is 5.78. The van der Waals surface area contributed by atoms with Gasteiger partial charge in [-0.15, -0.1) is 6.58 Å². The van der Waals surface area contributed by atoms with Crippen LogP contribution in [0.3, 0.4) is 0 Å². The second kappa shape index (κ2) is 92.3. The van der Waals surface area contributed by atoms with E-state index in [2.05, 4.69) is 21.9 Å². The number of nitrogens with one attached hydrogen (secondary N) is 1. The molecular weight excluding hydrogens is 1340 g/mol. The number of aliphatic carboxylic acids is 1. The largest absolute Gasteiger partial charge is 0.481 e. The van der Waals surface area contributed by atoms with Gasteiger partial charge in [-0.3, -0.25) is 9.59 Å². The SMILES string of the molecule is C=CCCCCCCCCCC(CCCCCCCCCCC(=O)O)C(=O)NCCOCCOCCOCCOCCOCCOCCOCCOCCOCCOCCOCCOCCOCCOCCOCCOCCOCCOCCOCCOCCOCCOCCOCCN=[N+]=[N-]. The molecular formula is C72H140N4O26. The van der Waals surface area contributed by atoms with Crippen molar-refractivity contribution in [2.75, 3.05) is 317 Å². The lowest BCUT2D eigenvalue weighted by atomic mass is 9.93. The van der Waals surface area contributed by atoms with E-state index < -0.39 is 5.97 Å². The fourth-order valence-corrected chi connectivity index (χ4v) is 9.18. The lowest BCUT2D eigenvalue weighted by molar-refractivity contribution is -0.137. The van der Waals surface area contributed by atoms with E-state index in [1.165, 1.54) is 51.4 Å². The molecule has 0 radical (unpaired) electrons. The van der Waals surface area contributed by atoms with Gasteiger partial charge in [0.1, 0.15) is 0 Å². The fourth-order valence-electron chi connectivity index (χ4n) is 9.18. The van der Waals surface area contributed by atoms with Gasteiger partial charge in [0.15, 0.2) is 0 Å². The van der Waals surface area contributed by atoms with Crippen LogP contribution < -0.4 is 5.32 Å². The smallest absolute Gasteiger partial charge is 0.303 e. The quantitative estimate of drug-likeness (QED) is 0.0191. The normalized spacial score (nSPS) is 11.8. The molecule has 0 spiro atoms. The zero-order valence-corrected chi connectivity index (χ0v) is 62.7. The summed E-state index contributed by atoms with van der Waals surface area (Å²) in [6, 6.07) is 0. The molecule has 0 aliphatic heterocycles. The van der Waals surface area contributed by atoms with E-state index >= 15 is 0 Å². The molecule has 2 N–H and O–H groups in total. The fraction of sp³-hybridized carbons (Fsp3) is 0.944. The van der Waals surface area contributed by atoms with Crippen molar-refractivity contribution < 1.29 is 124 Å². The predicted octanol–water partition coefficient (Wildman–Crippen LogP) is 8.09. The van der Waals surface area contributed by atoms with Crippen LogP contribution in [0.1, 0.15) is 122 Å². The Balaban J connectivity index is 3.33. The maximum absolute atomic E-state index is 13.2. The van der Waals surface area contributed by atoms with Crippen LogP contribution in [-0.4, -0.2) is 334 Å². The Morgan fingerprint density at radius 3 is 0.716 bits per heavy atom. The Hall–Kier alpha value is -2.93. The molecule has 604 valence electrons. The van der Waals surface area contributed by atoms with Gasteiger partial charge in [0, 0.05) is 30.3 Å². The van der Waals surface area contributed by atoms with Crippen molar-refractivity contribution in [2.24, 2.45) is 11.0 Å². The number of amides is 1. The van der Waals surface area contributed by atoms with Crippen molar-refractivity contribution in [1.82, 2.24) is 5.32 Å². The number of azide groups is 1. The third-order valence-corrected chi connectivity index (χ3v) is 14.7. The summed E-state index contributed by atoms with van der Waals surface area (Å²) in [4.78, 5) is 26.5. The summed E-state index contributed by atoms with van der Waals surface area (Å²) in [6.07, 6.45) is 22.3. The second-order valence-corrected chi connectivity index (χ2v) is 23.1. The van der Waals surface area contributed by atoms with Gasteiger partial charge in [-0.05, 0) is 37.6 Å². The molecule has 0 aliphatic rings. The number of ether oxygens (including phenoxy) is 23. The zero-order valence-electron chi connectivity index (χ0n) is 62.7.